The van der Waals surface area contributed by atoms with Crippen molar-refractivity contribution in [3.63, 3.8) is 0 Å². The molecular formula is C9H9N3. The van der Waals surface area contributed by atoms with Gasteiger partial charge < -0.3 is 5.32 Å². The van der Waals surface area contributed by atoms with Crippen molar-refractivity contribution in [2.75, 3.05) is 12.0 Å². The molecule has 0 unspecified atom stereocenters. The Kier molecular flexibility index (Phi) is 1.69. The van der Waals surface area contributed by atoms with Crippen molar-refractivity contribution >= 4 is 5.69 Å². The minimum Gasteiger partial charge on any atom is -0.371 e. The van der Waals surface area contributed by atoms with Gasteiger partial charge in [0, 0.05) is 6.54 Å². The van der Waals surface area contributed by atoms with E-state index < -0.39 is 0 Å². The molecule has 1 aliphatic heterocycles. The Balaban J connectivity index is 2.53. The number of benzene rings is 1. The molecule has 1 aromatic rings. The molecule has 0 amide bonds. The minimum atomic E-state index is 0.731. The Hall–Kier alpha value is -1.53. The van der Waals surface area contributed by atoms with Gasteiger partial charge in [-0.1, -0.05) is 12.1 Å². The molecule has 0 fully saturated rings. The van der Waals surface area contributed by atoms with Crippen molar-refractivity contribution in [1.82, 2.24) is 5.32 Å². The van der Waals surface area contributed by atoms with Gasteiger partial charge >= 0.3 is 0 Å². The van der Waals surface area contributed by atoms with E-state index in [0.717, 1.165) is 24.5 Å². The highest BCUT2D eigenvalue weighted by Crippen LogP contribution is 2.21. The van der Waals surface area contributed by atoms with Crippen LogP contribution in [0.5, 0.6) is 0 Å². The van der Waals surface area contributed by atoms with Crippen LogP contribution in [-0.4, -0.2) is 6.67 Å². The average Bonchev–Trinajstić information content (AvgIpc) is 2.17. The maximum Gasteiger partial charge on any atom is 0.101 e. The number of nitrogens with zero attached hydrogens (tertiary/aromatic N) is 1. The quantitative estimate of drug-likeness (QED) is 0.594. The van der Waals surface area contributed by atoms with Crippen molar-refractivity contribution in [3.05, 3.63) is 29.3 Å². The van der Waals surface area contributed by atoms with Crippen molar-refractivity contribution in [3.8, 4) is 6.07 Å². The molecule has 1 aromatic carbocycles. The minimum absolute atomic E-state index is 0.731. The summed E-state index contributed by atoms with van der Waals surface area (Å²) in [5.74, 6) is 0. The van der Waals surface area contributed by atoms with E-state index >= 15 is 0 Å². The maximum absolute atomic E-state index is 8.78. The van der Waals surface area contributed by atoms with E-state index in [-0.39, 0.29) is 0 Å². The van der Waals surface area contributed by atoms with Gasteiger partial charge in [-0.25, -0.2) is 0 Å². The summed E-state index contributed by atoms with van der Waals surface area (Å²) in [7, 11) is 0. The standard InChI is InChI=1S/C9H9N3/c10-4-7-2-1-3-8-5-11-6-12-9(7)8/h1-3,11-12H,5-6H2. The molecular weight excluding hydrogens is 150 g/mol. The van der Waals surface area contributed by atoms with Crippen LogP contribution in [0.25, 0.3) is 0 Å². The van der Waals surface area contributed by atoms with Crippen LogP contribution in [0, 0.1) is 11.3 Å². The maximum atomic E-state index is 8.78. The third-order valence-electron chi connectivity index (χ3n) is 1.98. The smallest absolute Gasteiger partial charge is 0.101 e. The Labute approximate surface area is 71.0 Å². The van der Waals surface area contributed by atoms with Gasteiger partial charge in [-0.3, -0.25) is 5.32 Å². The third kappa shape index (κ3) is 1.03. The van der Waals surface area contributed by atoms with Gasteiger partial charge in [0.15, 0.2) is 0 Å². The SMILES string of the molecule is N#Cc1cccc2c1NCNC2. The van der Waals surface area contributed by atoms with Gasteiger partial charge in [-0.15, -0.1) is 0 Å². The first-order valence-corrected chi connectivity index (χ1v) is 3.88. The van der Waals surface area contributed by atoms with E-state index in [2.05, 4.69) is 16.7 Å². The van der Waals surface area contributed by atoms with Gasteiger partial charge in [0.05, 0.1) is 17.9 Å². The first-order valence-electron chi connectivity index (χ1n) is 3.88. The lowest BCUT2D eigenvalue weighted by Crippen LogP contribution is -2.27. The zero-order valence-corrected chi connectivity index (χ0v) is 6.59. The number of anilines is 1. The van der Waals surface area contributed by atoms with Crippen LogP contribution < -0.4 is 10.6 Å². The normalized spacial score (nSPS) is 14.2. The first kappa shape index (κ1) is 7.14. The van der Waals surface area contributed by atoms with Crippen molar-refractivity contribution < 1.29 is 0 Å². The Morgan fingerprint density at radius 3 is 3.17 bits per heavy atom. The van der Waals surface area contributed by atoms with Crippen molar-refractivity contribution in [2.24, 2.45) is 0 Å². The predicted octanol–water partition coefficient (Wildman–Crippen LogP) is 1.03. The highest BCUT2D eigenvalue weighted by Gasteiger charge is 2.10. The lowest BCUT2D eigenvalue weighted by Gasteiger charge is -2.19. The summed E-state index contributed by atoms with van der Waals surface area (Å²) < 4.78 is 0. The summed E-state index contributed by atoms with van der Waals surface area (Å²) in [5, 5.41) is 15.1. The molecule has 2 rings (SSSR count). The fourth-order valence-electron chi connectivity index (χ4n) is 1.40. The molecule has 1 heterocycles. The number of para-hydroxylation sites is 1. The molecule has 1 aliphatic rings. The first-order chi connectivity index (χ1) is 5.92. The zero-order chi connectivity index (χ0) is 8.39. The van der Waals surface area contributed by atoms with Crippen LogP contribution in [0.2, 0.25) is 0 Å². The van der Waals surface area contributed by atoms with Gasteiger partial charge in [0.1, 0.15) is 6.07 Å². The number of nitrogens with one attached hydrogen (secondary N) is 2. The summed E-state index contributed by atoms with van der Waals surface area (Å²) in [4.78, 5) is 0. The van der Waals surface area contributed by atoms with E-state index in [9.17, 15) is 0 Å². The van der Waals surface area contributed by atoms with E-state index in [4.69, 9.17) is 5.26 Å². The molecule has 0 aromatic heterocycles. The molecule has 3 nitrogen and oxygen atoms in total. The number of rotatable bonds is 0. The topological polar surface area (TPSA) is 47.9 Å². The molecule has 0 aliphatic carbocycles. The van der Waals surface area contributed by atoms with Gasteiger partial charge in [0.25, 0.3) is 0 Å². The van der Waals surface area contributed by atoms with Crippen molar-refractivity contribution in [2.45, 2.75) is 6.54 Å². The number of hydrogen-bond acceptors (Lipinski definition) is 3. The second-order valence-corrected chi connectivity index (χ2v) is 2.73. The van der Waals surface area contributed by atoms with Crippen LogP contribution in [0.15, 0.2) is 18.2 Å². The van der Waals surface area contributed by atoms with Crippen molar-refractivity contribution in [1.29, 1.82) is 5.26 Å². The zero-order valence-electron chi connectivity index (χ0n) is 6.59. The third-order valence-corrected chi connectivity index (χ3v) is 1.98. The Morgan fingerprint density at radius 1 is 1.42 bits per heavy atom. The lowest BCUT2D eigenvalue weighted by atomic mass is 10.1. The lowest BCUT2D eigenvalue weighted by molar-refractivity contribution is 0.709. The summed E-state index contributed by atoms with van der Waals surface area (Å²) in [6, 6.07) is 7.93. The molecule has 12 heavy (non-hydrogen) atoms. The second-order valence-electron chi connectivity index (χ2n) is 2.73. The predicted molar refractivity (Wildman–Crippen MR) is 46.5 cm³/mol. The highest BCUT2D eigenvalue weighted by atomic mass is 15.1. The molecule has 0 radical (unpaired) electrons. The number of hydrogen-bond donors (Lipinski definition) is 2. The molecule has 0 saturated carbocycles. The highest BCUT2D eigenvalue weighted by molar-refractivity contribution is 5.63. The molecule has 3 heteroatoms. The molecule has 0 saturated heterocycles. The molecule has 60 valence electrons. The van der Waals surface area contributed by atoms with Crippen LogP contribution in [0.3, 0.4) is 0 Å². The molecule has 0 atom stereocenters. The van der Waals surface area contributed by atoms with E-state index in [0.29, 0.717) is 0 Å². The monoisotopic (exact) mass is 159 g/mol. The van der Waals surface area contributed by atoms with Crippen LogP contribution in [0.1, 0.15) is 11.1 Å². The summed E-state index contributed by atoms with van der Waals surface area (Å²) in [5.41, 5.74) is 2.88. The Bertz CT molecular complexity index is 338. The largest absolute Gasteiger partial charge is 0.371 e. The van der Waals surface area contributed by atoms with Crippen LogP contribution in [0.4, 0.5) is 5.69 Å². The van der Waals surface area contributed by atoms with E-state index in [1.165, 1.54) is 5.56 Å². The van der Waals surface area contributed by atoms with Crippen LogP contribution >= 0.6 is 0 Å². The fraction of sp³-hybridized carbons (Fsp3) is 0.222. The van der Waals surface area contributed by atoms with Gasteiger partial charge in [-0.2, -0.15) is 5.26 Å². The average molecular weight is 159 g/mol. The summed E-state index contributed by atoms with van der Waals surface area (Å²) in [6.07, 6.45) is 0. The van der Waals surface area contributed by atoms with Gasteiger partial charge in [-0.05, 0) is 11.6 Å². The molecule has 2 N–H and O–H groups in total. The number of fused-ring (bicyclic) bond motifs is 1. The summed E-state index contributed by atoms with van der Waals surface area (Å²) >= 11 is 0. The fourth-order valence-corrected chi connectivity index (χ4v) is 1.40. The van der Waals surface area contributed by atoms with E-state index in [1.807, 2.05) is 18.2 Å². The number of nitriles is 1. The summed E-state index contributed by atoms with van der Waals surface area (Å²) in [6.45, 7) is 1.59. The van der Waals surface area contributed by atoms with E-state index in [1.54, 1.807) is 0 Å². The molecule has 0 spiro atoms. The second kappa shape index (κ2) is 2.84. The Morgan fingerprint density at radius 2 is 2.33 bits per heavy atom. The van der Waals surface area contributed by atoms with Gasteiger partial charge in [0.2, 0.25) is 0 Å². The van der Waals surface area contributed by atoms with Crippen LogP contribution in [-0.2, 0) is 6.54 Å². The molecule has 0 bridgehead atoms.